The Hall–Kier alpha value is -3.19. The number of fused-ring (bicyclic) bond motifs is 2. The molecule has 3 heterocycles. The molecule has 0 saturated heterocycles. The highest BCUT2D eigenvalue weighted by Gasteiger charge is 2.09. The Morgan fingerprint density at radius 1 is 1.20 bits per heavy atom. The van der Waals surface area contributed by atoms with Gasteiger partial charge in [0.1, 0.15) is 18.1 Å². The van der Waals surface area contributed by atoms with E-state index in [1.54, 1.807) is 31.6 Å². The van der Waals surface area contributed by atoms with Gasteiger partial charge in [-0.1, -0.05) is 0 Å². The first-order chi connectivity index (χ1) is 12.2. The standard InChI is InChI=1S/C18H16N4O3/c1-24-7-8-25-13-4-5-15-14(10-13)18(23)21-17(20-15)16-9-12-3-2-6-22(12)11-19-16/h2-6,9-11H,7-8H2,1H3,(H,20,21,23). The summed E-state index contributed by atoms with van der Waals surface area (Å²) >= 11 is 0. The molecule has 1 aromatic carbocycles. The second-order valence-corrected chi connectivity index (χ2v) is 5.55. The molecule has 0 saturated carbocycles. The Labute approximate surface area is 142 Å². The van der Waals surface area contributed by atoms with E-state index in [1.165, 1.54) is 0 Å². The molecule has 0 radical (unpaired) electrons. The molecule has 1 N–H and O–H groups in total. The maximum absolute atomic E-state index is 12.5. The maximum atomic E-state index is 12.5. The van der Waals surface area contributed by atoms with Crippen molar-refractivity contribution in [3.63, 3.8) is 0 Å². The summed E-state index contributed by atoms with van der Waals surface area (Å²) in [4.78, 5) is 24.1. The first-order valence-corrected chi connectivity index (χ1v) is 7.83. The number of nitrogens with zero attached hydrogens (tertiary/aromatic N) is 3. The second kappa shape index (κ2) is 6.37. The Kier molecular flexibility index (Phi) is 3.91. The fourth-order valence-electron chi connectivity index (χ4n) is 2.64. The molecule has 3 aromatic heterocycles. The molecular weight excluding hydrogens is 320 g/mol. The van der Waals surface area contributed by atoms with E-state index in [9.17, 15) is 4.79 Å². The van der Waals surface area contributed by atoms with Crippen LogP contribution in [0, 0.1) is 0 Å². The summed E-state index contributed by atoms with van der Waals surface area (Å²) in [5.74, 6) is 1.05. The van der Waals surface area contributed by atoms with Crippen LogP contribution < -0.4 is 10.3 Å². The smallest absolute Gasteiger partial charge is 0.259 e. The number of aromatic amines is 1. The third-order valence-electron chi connectivity index (χ3n) is 3.89. The molecule has 0 aliphatic heterocycles. The molecule has 4 aromatic rings. The third kappa shape index (κ3) is 2.97. The number of H-pyrrole nitrogens is 1. The Bertz CT molecular complexity index is 1100. The molecule has 7 nitrogen and oxygen atoms in total. The van der Waals surface area contributed by atoms with Gasteiger partial charge in [0, 0.05) is 18.8 Å². The fraction of sp³-hybridized carbons (Fsp3) is 0.167. The van der Waals surface area contributed by atoms with E-state index >= 15 is 0 Å². The zero-order valence-corrected chi connectivity index (χ0v) is 13.6. The molecule has 0 unspecified atom stereocenters. The SMILES string of the molecule is COCCOc1ccc2nc(-c3cc4cccn4cn3)[nH]c(=O)c2c1. The van der Waals surface area contributed by atoms with Gasteiger partial charge in [0.25, 0.3) is 5.56 Å². The predicted octanol–water partition coefficient (Wildman–Crippen LogP) is 2.26. The molecule has 126 valence electrons. The van der Waals surface area contributed by atoms with Crippen LogP contribution in [0.2, 0.25) is 0 Å². The average Bonchev–Trinajstić information content (AvgIpc) is 3.10. The molecule has 7 heteroatoms. The van der Waals surface area contributed by atoms with Crippen LogP contribution in [0.1, 0.15) is 0 Å². The first kappa shape index (κ1) is 15.3. The lowest BCUT2D eigenvalue weighted by Gasteiger charge is -2.07. The molecule has 0 fully saturated rings. The number of benzene rings is 1. The zero-order valence-electron chi connectivity index (χ0n) is 13.6. The lowest BCUT2D eigenvalue weighted by atomic mass is 10.2. The van der Waals surface area contributed by atoms with Crippen LogP contribution in [0.5, 0.6) is 5.75 Å². The van der Waals surface area contributed by atoms with E-state index in [1.807, 2.05) is 28.8 Å². The van der Waals surface area contributed by atoms with E-state index < -0.39 is 0 Å². The van der Waals surface area contributed by atoms with Crippen molar-refractivity contribution in [2.75, 3.05) is 20.3 Å². The number of hydrogen-bond acceptors (Lipinski definition) is 5. The van der Waals surface area contributed by atoms with Crippen LogP contribution in [0.4, 0.5) is 0 Å². The van der Waals surface area contributed by atoms with E-state index in [4.69, 9.17) is 9.47 Å². The van der Waals surface area contributed by atoms with Crippen molar-refractivity contribution in [1.29, 1.82) is 0 Å². The topological polar surface area (TPSA) is 81.5 Å². The molecular formula is C18H16N4O3. The largest absolute Gasteiger partial charge is 0.491 e. The van der Waals surface area contributed by atoms with Gasteiger partial charge in [-0.05, 0) is 36.4 Å². The number of rotatable bonds is 5. The van der Waals surface area contributed by atoms with Gasteiger partial charge in [0.15, 0.2) is 5.82 Å². The monoisotopic (exact) mass is 336 g/mol. The Morgan fingerprint density at radius 3 is 3.00 bits per heavy atom. The van der Waals surface area contributed by atoms with Crippen molar-refractivity contribution in [2.45, 2.75) is 0 Å². The van der Waals surface area contributed by atoms with Gasteiger partial charge < -0.3 is 18.9 Å². The summed E-state index contributed by atoms with van der Waals surface area (Å²) in [6.07, 6.45) is 3.61. The molecule has 0 aliphatic rings. The molecule has 0 bridgehead atoms. The van der Waals surface area contributed by atoms with Crippen molar-refractivity contribution < 1.29 is 9.47 Å². The van der Waals surface area contributed by atoms with Gasteiger partial charge in [-0.25, -0.2) is 9.97 Å². The zero-order chi connectivity index (χ0) is 17.2. The van der Waals surface area contributed by atoms with Crippen molar-refractivity contribution in [1.82, 2.24) is 19.4 Å². The minimum atomic E-state index is -0.228. The summed E-state index contributed by atoms with van der Waals surface area (Å²) < 4.78 is 12.4. The molecule has 0 aliphatic carbocycles. The van der Waals surface area contributed by atoms with Crippen LogP contribution in [-0.2, 0) is 4.74 Å². The molecule has 4 rings (SSSR count). The van der Waals surface area contributed by atoms with Gasteiger partial charge in [-0.2, -0.15) is 0 Å². The van der Waals surface area contributed by atoms with Gasteiger partial charge in [-0.15, -0.1) is 0 Å². The highest BCUT2D eigenvalue weighted by atomic mass is 16.5. The van der Waals surface area contributed by atoms with Crippen molar-refractivity contribution in [3.05, 3.63) is 59.3 Å². The first-order valence-electron chi connectivity index (χ1n) is 7.83. The summed E-state index contributed by atoms with van der Waals surface area (Å²) in [6, 6.07) is 11.0. The summed E-state index contributed by atoms with van der Waals surface area (Å²) in [7, 11) is 1.61. The van der Waals surface area contributed by atoms with Gasteiger partial charge in [0.2, 0.25) is 0 Å². The molecule has 0 atom stereocenters. The minimum Gasteiger partial charge on any atom is -0.491 e. The van der Waals surface area contributed by atoms with Crippen LogP contribution in [0.3, 0.4) is 0 Å². The molecule has 0 amide bonds. The van der Waals surface area contributed by atoms with Crippen molar-refractivity contribution in [2.24, 2.45) is 0 Å². The third-order valence-corrected chi connectivity index (χ3v) is 3.89. The number of aromatic nitrogens is 4. The summed E-state index contributed by atoms with van der Waals surface area (Å²) in [5, 5.41) is 0.474. The molecule has 0 spiro atoms. The van der Waals surface area contributed by atoms with E-state index in [0.29, 0.717) is 41.4 Å². The second-order valence-electron chi connectivity index (χ2n) is 5.55. The average molecular weight is 336 g/mol. The number of nitrogens with one attached hydrogen (secondary N) is 1. The lowest BCUT2D eigenvalue weighted by Crippen LogP contribution is -2.11. The summed E-state index contributed by atoms with van der Waals surface area (Å²) in [6.45, 7) is 0.909. The van der Waals surface area contributed by atoms with Crippen LogP contribution in [0.15, 0.2) is 53.7 Å². The van der Waals surface area contributed by atoms with Crippen LogP contribution in [0.25, 0.3) is 27.9 Å². The number of ether oxygens (including phenoxy) is 2. The van der Waals surface area contributed by atoms with E-state index in [2.05, 4.69) is 15.0 Å². The van der Waals surface area contributed by atoms with E-state index in [0.717, 1.165) is 5.52 Å². The van der Waals surface area contributed by atoms with Gasteiger partial charge in [-0.3, -0.25) is 4.79 Å². The number of hydrogen-bond donors (Lipinski definition) is 1. The van der Waals surface area contributed by atoms with Crippen LogP contribution >= 0.6 is 0 Å². The van der Waals surface area contributed by atoms with Gasteiger partial charge in [0.05, 0.1) is 23.8 Å². The predicted molar refractivity (Wildman–Crippen MR) is 93.9 cm³/mol. The van der Waals surface area contributed by atoms with Crippen LogP contribution in [-0.4, -0.2) is 39.7 Å². The normalized spacial score (nSPS) is 11.2. The highest BCUT2D eigenvalue weighted by molar-refractivity contribution is 5.80. The summed E-state index contributed by atoms with van der Waals surface area (Å²) in [5.41, 5.74) is 1.96. The Morgan fingerprint density at radius 2 is 2.12 bits per heavy atom. The lowest BCUT2D eigenvalue weighted by molar-refractivity contribution is 0.146. The quantitative estimate of drug-likeness (QED) is 0.565. The van der Waals surface area contributed by atoms with Gasteiger partial charge >= 0.3 is 0 Å². The molecule has 25 heavy (non-hydrogen) atoms. The van der Waals surface area contributed by atoms with E-state index in [-0.39, 0.29) is 5.56 Å². The highest BCUT2D eigenvalue weighted by Crippen LogP contribution is 2.20. The number of methoxy groups -OCH3 is 1. The van der Waals surface area contributed by atoms with Crippen molar-refractivity contribution >= 4 is 16.4 Å². The van der Waals surface area contributed by atoms with Crippen molar-refractivity contribution in [3.8, 4) is 17.3 Å². The Balaban J connectivity index is 1.73. The maximum Gasteiger partial charge on any atom is 0.259 e. The fourth-order valence-corrected chi connectivity index (χ4v) is 2.64. The minimum absolute atomic E-state index is 0.228.